The zero-order valence-electron chi connectivity index (χ0n) is 31.6. The number of benzene rings is 3. The summed E-state index contributed by atoms with van der Waals surface area (Å²) >= 11 is 1.53. The summed E-state index contributed by atoms with van der Waals surface area (Å²) in [6.45, 7) is 4.75. The number of hydrogen-bond acceptors (Lipinski definition) is 12. The molecule has 1 aromatic heterocycles. The molecular formula is C41H47N5O10S. The number of carbonyl (C=O) groups is 4. The standard InChI is InChI=1S/C41H47N5O10S/c1-23-13-29(14-24(2)35(23)50)39(53)45-21-33(49)36(51)37-34(46-25(3)47)32(48)17-41(56-37,40(54)55)12-6-9-26-7-4-8-27(15-26)18-44-38(52)28-10-5-11-30(16-28)43-20-31-19-42-22-57-31/h4-11,13-16,19,22,32-34,36-37,43,48-51H,12,17-18,20-21H2,1-3H3,(H,44,52)(H,45,53)(H,46,47)(H,54,55)/b9-6+/t32-,33+,34+,36+,37+,41+/m0/s1. The molecule has 16 heteroatoms. The fraction of sp³-hybridized carbons (Fsp3) is 0.341. The number of aromatic nitrogens is 1. The van der Waals surface area contributed by atoms with Gasteiger partial charge in [0.15, 0.2) is 5.60 Å². The summed E-state index contributed by atoms with van der Waals surface area (Å²) in [4.78, 5) is 55.8. The van der Waals surface area contributed by atoms with Crippen LogP contribution < -0.4 is 21.3 Å². The van der Waals surface area contributed by atoms with Crippen molar-refractivity contribution < 1.29 is 49.4 Å². The fourth-order valence-corrected chi connectivity index (χ4v) is 7.14. The first-order chi connectivity index (χ1) is 27.2. The number of carboxylic acids is 1. The third-order valence-corrected chi connectivity index (χ3v) is 10.4. The molecular weight excluding hydrogens is 755 g/mol. The lowest BCUT2D eigenvalue weighted by Gasteiger charge is -2.47. The Kier molecular flexibility index (Phi) is 14.2. The number of amides is 3. The number of rotatable bonds is 16. The lowest BCUT2D eigenvalue weighted by atomic mass is 9.81. The number of aryl methyl sites for hydroxylation is 2. The highest BCUT2D eigenvalue weighted by molar-refractivity contribution is 7.09. The third kappa shape index (κ3) is 11.0. The van der Waals surface area contributed by atoms with E-state index in [0.29, 0.717) is 28.8 Å². The van der Waals surface area contributed by atoms with E-state index in [1.807, 2.05) is 18.2 Å². The highest BCUT2D eigenvalue weighted by Crippen LogP contribution is 2.35. The molecule has 1 aliphatic rings. The Morgan fingerprint density at radius 2 is 1.70 bits per heavy atom. The zero-order valence-corrected chi connectivity index (χ0v) is 32.5. The van der Waals surface area contributed by atoms with Gasteiger partial charge < -0.3 is 51.5 Å². The van der Waals surface area contributed by atoms with Crippen molar-refractivity contribution in [2.45, 2.75) is 82.8 Å². The molecule has 4 aromatic rings. The van der Waals surface area contributed by atoms with Gasteiger partial charge in [-0.2, -0.15) is 0 Å². The molecule has 1 aliphatic heterocycles. The first-order valence-corrected chi connectivity index (χ1v) is 19.1. The van der Waals surface area contributed by atoms with E-state index in [0.717, 1.165) is 16.1 Å². The molecule has 5 rings (SSSR count). The summed E-state index contributed by atoms with van der Waals surface area (Å²) in [6, 6.07) is 16.0. The van der Waals surface area contributed by atoms with Crippen LogP contribution in [0.1, 0.15) is 67.6 Å². The van der Waals surface area contributed by atoms with Crippen LogP contribution in [0.4, 0.5) is 5.69 Å². The smallest absolute Gasteiger partial charge is 0.336 e. The average Bonchev–Trinajstić information content (AvgIpc) is 3.71. The number of carbonyl (C=O) groups excluding carboxylic acids is 3. The summed E-state index contributed by atoms with van der Waals surface area (Å²) in [5.74, 6) is -2.86. The van der Waals surface area contributed by atoms with Gasteiger partial charge >= 0.3 is 5.97 Å². The number of aliphatic carboxylic acids is 1. The van der Waals surface area contributed by atoms with Gasteiger partial charge in [0.2, 0.25) is 5.91 Å². The van der Waals surface area contributed by atoms with Gasteiger partial charge in [0, 0.05) is 60.7 Å². The minimum atomic E-state index is -2.07. The lowest BCUT2D eigenvalue weighted by molar-refractivity contribution is -0.226. The normalized spacial score (nSPS) is 20.4. The van der Waals surface area contributed by atoms with Gasteiger partial charge in [-0.1, -0.05) is 36.4 Å². The van der Waals surface area contributed by atoms with Crippen LogP contribution in [0.25, 0.3) is 6.08 Å². The van der Waals surface area contributed by atoms with Crippen LogP contribution in [0.2, 0.25) is 0 Å². The van der Waals surface area contributed by atoms with Gasteiger partial charge in [0.25, 0.3) is 11.8 Å². The number of carboxylic acid groups (broad SMARTS) is 1. The average molecular weight is 802 g/mol. The number of nitrogens with zero attached hydrogens (tertiary/aromatic N) is 1. The molecule has 9 N–H and O–H groups in total. The van der Waals surface area contributed by atoms with E-state index in [-0.39, 0.29) is 30.2 Å². The van der Waals surface area contributed by atoms with Crippen molar-refractivity contribution in [3.05, 3.63) is 117 Å². The Morgan fingerprint density at radius 1 is 0.982 bits per heavy atom. The van der Waals surface area contributed by atoms with Crippen molar-refractivity contribution in [1.82, 2.24) is 20.9 Å². The van der Waals surface area contributed by atoms with E-state index in [1.54, 1.807) is 68.0 Å². The topological polar surface area (TPSA) is 240 Å². The summed E-state index contributed by atoms with van der Waals surface area (Å²) in [7, 11) is 0. The Labute approximate surface area is 333 Å². The predicted molar refractivity (Wildman–Crippen MR) is 213 cm³/mol. The quantitative estimate of drug-likeness (QED) is 0.0795. The van der Waals surface area contributed by atoms with Crippen molar-refractivity contribution in [3.63, 3.8) is 0 Å². The van der Waals surface area contributed by atoms with E-state index in [4.69, 9.17) is 4.74 Å². The number of ether oxygens (including phenoxy) is 1. The SMILES string of the molecule is CC(=O)N[C@H]1[C@H]([C@H](O)[C@H](O)CNC(=O)c2cc(C)c(O)c(C)c2)O[C@@](C/C=C/c2cccc(CNC(=O)c3cccc(NCc4cncs4)c3)c2)(C(=O)O)C[C@@H]1O. The number of aliphatic hydroxyl groups excluding tert-OH is 3. The number of phenols is 1. The molecule has 3 aromatic carbocycles. The summed E-state index contributed by atoms with van der Waals surface area (Å²) in [5, 5.41) is 65.0. The predicted octanol–water partition coefficient (Wildman–Crippen LogP) is 3.04. The molecule has 0 saturated carbocycles. The van der Waals surface area contributed by atoms with Crippen LogP contribution in [0, 0.1) is 13.8 Å². The van der Waals surface area contributed by atoms with E-state index < -0.39 is 66.8 Å². The first kappa shape index (κ1) is 42.5. The summed E-state index contributed by atoms with van der Waals surface area (Å²) in [6.07, 6.45) is -2.41. The highest BCUT2D eigenvalue weighted by atomic mass is 32.1. The molecule has 0 radical (unpaired) electrons. The van der Waals surface area contributed by atoms with Crippen molar-refractivity contribution in [1.29, 1.82) is 0 Å². The van der Waals surface area contributed by atoms with E-state index in [2.05, 4.69) is 26.3 Å². The van der Waals surface area contributed by atoms with Crippen LogP contribution in [0.5, 0.6) is 5.75 Å². The minimum Gasteiger partial charge on any atom is -0.507 e. The largest absolute Gasteiger partial charge is 0.507 e. The van der Waals surface area contributed by atoms with E-state index >= 15 is 0 Å². The zero-order chi connectivity index (χ0) is 41.3. The number of aliphatic hydroxyl groups is 3. The molecule has 302 valence electrons. The molecule has 15 nitrogen and oxygen atoms in total. The van der Waals surface area contributed by atoms with Crippen LogP contribution in [-0.4, -0.2) is 96.8 Å². The Bertz CT molecular complexity index is 2070. The Balaban J connectivity index is 1.23. The Hall–Kier alpha value is -5.65. The van der Waals surface area contributed by atoms with Gasteiger partial charge in [-0.25, -0.2) is 4.79 Å². The number of thiazole rings is 1. The molecule has 1 saturated heterocycles. The van der Waals surface area contributed by atoms with E-state index in [1.165, 1.54) is 30.4 Å². The first-order valence-electron chi connectivity index (χ1n) is 18.2. The molecule has 6 atom stereocenters. The van der Waals surface area contributed by atoms with Crippen LogP contribution in [-0.2, 0) is 27.4 Å². The van der Waals surface area contributed by atoms with Crippen LogP contribution in [0.3, 0.4) is 0 Å². The second-order valence-corrected chi connectivity index (χ2v) is 15.0. The van der Waals surface area contributed by atoms with Crippen molar-refractivity contribution >= 4 is 46.8 Å². The second-order valence-electron chi connectivity index (χ2n) is 14.0. The lowest BCUT2D eigenvalue weighted by Crippen LogP contribution is -2.67. The summed E-state index contributed by atoms with van der Waals surface area (Å²) in [5.41, 5.74) is 3.56. The molecule has 0 unspecified atom stereocenters. The van der Waals surface area contributed by atoms with Gasteiger partial charge in [0.05, 0.1) is 30.3 Å². The van der Waals surface area contributed by atoms with Crippen molar-refractivity contribution in [2.24, 2.45) is 0 Å². The maximum absolute atomic E-state index is 13.0. The number of phenolic OH excluding ortho intramolecular Hbond substituents is 1. The van der Waals surface area contributed by atoms with Crippen LogP contribution >= 0.6 is 11.3 Å². The summed E-state index contributed by atoms with van der Waals surface area (Å²) < 4.78 is 6.02. The molecule has 0 spiro atoms. The molecule has 0 bridgehead atoms. The van der Waals surface area contributed by atoms with E-state index in [9.17, 15) is 44.7 Å². The molecule has 0 aliphatic carbocycles. The second kappa shape index (κ2) is 19.0. The molecule has 57 heavy (non-hydrogen) atoms. The number of aromatic hydroxyl groups is 1. The third-order valence-electron chi connectivity index (χ3n) is 9.62. The molecule has 3 amide bonds. The number of anilines is 1. The van der Waals surface area contributed by atoms with Crippen molar-refractivity contribution in [2.75, 3.05) is 11.9 Å². The molecule has 1 fully saturated rings. The van der Waals surface area contributed by atoms with Gasteiger partial charge in [0.1, 0.15) is 18.0 Å². The van der Waals surface area contributed by atoms with Gasteiger partial charge in [-0.15, -0.1) is 11.3 Å². The maximum Gasteiger partial charge on any atom is 0.336 e. The van der Waals surface area contributed by atoms with Gasteiger partial charge in [-0.3, -0.25) is 19.4 Å². The fourth-order valence-electron chi connectivity index (χ4n) is 6.61. The highest BCUT2D eigenvalue weighted by Gasteiger charge is 2.54. The van der Waals surface area contributed by atoms with Crippen LogP contribution in [0.15, 0.2) is 78.4 Å². The minimum absolute atomic E-state index is 0.0421. The number of hydrogen-bond donors (Lipinski definition) is 9. The molecule has 2 heterocycles. The van der Waals surface area contributed by atoms with Crippen molar-refractivity contribution in [3.8, 4) is 5.75 Å². The monoisotopic (exact) mass is 801 g/mol. The number of nitrogens with one attached hydrogen (secondary N) is 4. The van der Waals surface area contributed by atoms with Gasteiger partial charge in [-0.05, 0) is 72.5 Å². The Morgan fingerprint density at radius 3 is 2.39 bits per heavy atom. The maximum atomic E-state index is 13.0.